The zero-order chi connectivity index (χ0) is 14.5. The van der Waals surface area contributed by atoms with E-state index in [4.69, 9.17) is 4.74 Å². The van der Waals surface area contributed by atoms with Crippen molar-refractivity contribution in [2.45, 2.75) is 26.0 Å². The Labute approximate surface area is 129 Å². The van der Waals surface area contributed by atoms with Crippen molar-refractivity contribution in [1.82, 2.24) is 5.32 Å². The minimum atomic E-state index is 0.156. The largest absolute Gasteiger partial charge is 0.491 e. The summed E-state index contributed by atoms with van der Waals surface area (Å²) in [5.74, 6) is 0.910. The zero-order valence-corrected chi connectivity index (χ0v) is 13.6. The molecule has 106 valence electrons. The van der Waals surface area contributed by atoms with Crippen LogP contribution in [-0.2, 0) is 0 Å². The fourth-order valence-corrected chi connectivity index (χ4v) is 2.67. The molecule has 3 heteroatoms. The summed E-state index contributed by atoms with van der Waals surface area (Å²) in [6, 6.07) is 16.8. The molecule has 2 aromatic carbocycles. The van der Waals surface area contributed by atoms with Crippen molar-refractivity contribution >= 4 is 15.9 Å². The predicted octanol–water partition coefficient (Wildman–Crippen LogP) is 4.55. The third kappa shape index (κ3) is 3.84. The van der Waals surface area contributed by atoms with E-state index in [9.17, 15) is 0 Å². The molecule has 0 fully saturated rings. The van der Waals surface area contributed by atoms with Gasteiger partial charge in [0, 0.05) is 4.47 Å². The molecule has 0 radical (unpaired) electrons. The Balaban J connectivity index is 2.32. The van der Waals surface area contributed by atoms with Crippen LogP contribution in [0.2, 0.25) is 0 Å². The van der Waals surface area contributed by atoms with Gasteiger partial charge in [0.1, 0.15) is 5.75 Å². The van der Waals surface area contributed by atoms with Gasteiger partial charge < -0.3 is 10.1 Å². The maximum absolute atomic E-state index is 5.77. The van der Waals surface area contributed by atoms with Crippen molar-refractivity contribution in [3.63, 3.8) is 0 Å². The molecule has 1 unspecified atom stereocenters. The van der Waals surface area contributed by atoms with E-state index in [0.717, 1.165) is 10.2 Å². The molecule has 0 saturated heterocycles. The van der Waals surface area contributed by atoms with E-state index in [0.29, 0.717) is 0 Å². The second-order valence-corrected chi connectivity index (χ2v) is 5.93. The standard InChI is InChI=1S/C17H20BrNO/c1-12(2)20-16-9-5-7-14(11-16)17(19-3)13-6-4-8-15(18)10-13/h4-12,17,19H,1-3H3. The lowest BCUT2D eigenvalue weighted by molar-refractivity contribution is 0.242. The summed E-state index contributed by atoms with van der Waals surface area (Å²) in [4.78, 5) is 0. The molecule has 2 aromatic rings. The van der Waals surface area contributed by atoms with Crippen LogP contribution < -0.4 is 10.1 Å². The normalized spacial score (nSPS) is 12.4. The number of nitrogens with one attached hydrogen (secondary N) is 1. The van der Waals surface area contributed by atoms with E-state index in [2.05, 4.69) is 51.6 Å². The van der Waals surface area contributed by atoms with Gasteiger partial charge in [0.05, 0.1) is 12.1 Å². The molecule has 0 aliphatic carbocycles. The van der Waals surface area contributed by atoms with Crippen LogP contribution in [0.4, 0.5) is 0 Å². The monoisotopic (exact) mass is 333 g/mol. The van der Waals surface area contributed by atoms with Crippen LogP contribution in [0.15, 0.2) is 53.0 Å². The number of halogens is 1. The minimum absolute atomic E-state index is 0.156. The van der Waals surface area contributed by atoms with Crippen LogP contribution in [0.1, 0.15) is 31.0 Å². The van der Waals surface area contributed by atoms with Crippen LogP contribution in [-0.4, -0.2) is 13.2 Å². The molecule has 0 bridgehead atoms. The van der Waals surface area contributed by atoms with Crippen LogP contribution in [0.5, 0.6) is 5.75 Å². The van der Waals surface area contributed by atoms with Gasteiger partial charge in [0.15, 0.2) is 0 Å². The second kappa shape index (κ2) is 6.91. The van der Waals surface area contributed by atoms with Crippen molar-refractivity contribution in [3.05, 3.63) is 64.1 Å². The summed E-state index contributed by atoms with van der Waals surface area (Å²) in [7, 11) is 1.97. The summed E-state index contributed by atoms with van der Waals surface area (Å²) in [6.07, 6.45) is 0.184. The minimum Gasteiger partial charge on any atom is -0.491 e. The van der Waals surface area contributed by atoms with Gasteiger partial charge in [0.2, 0.25) is 0 Å². The van der Waals surface area contributed by atoms with Gasteiger partial charge in [-0.3, -0.25) is 0 Å². The molecule has 1 N–H and O–H groups in total. The van der Waals surface area contributed by atoms with Crippen LogP contribution in [0.25, 0.3) is 0 Å². The van der Waals surface area contributed by atoms with Crippen molar-refractivity contribution in [3.8, 4) is 5.75 Å². The van der Waals surface area contributed by atoms with Gasteiger partial charge >= 0.3 is 0 Å². The average molecular weight is 334 g/mol. The highest BCUT2D eigenvalue weighted by atomic mass is 79.9. The van der Waals surface area contributed by atoms with Gasteiger partial charge in [-0.05, 0) is 56.3 Å². The Hall–Kier alpha value is -1.32. The Morgan fingerprint density at radius 1 is 1.00 bits per heavy atom. The molecular weight excluding hydrogens is 314 g/mol. The van der Waals surface area contributed by atoms with Crippen LogP contribution in [0, 0.1) is 0 Å². The first-order valence-electron chi connectivity index (χ1n) is 6.79. The van der Waals surface area contributed by atoms with E-state index in [1.54, 1.807) is 0 Å². The molecule has 0 saturated carbocycles. The molecule has 0 aromatic heterocycles. The van der Waals surface area contributed by atoms with E-state index in [-0.39, 0.29) is 12.1 Å². The highest BCUT2D eigenvalue weighted by Gasteiger charge is 2.13. The summed E-state index contributed by atoms with van der Waals surface area (Å²) in [5.41, 5.74) is 2.42. The average Bonchev–Trinajstić information content (AvgIpc) is 2.39. The smallest absolute Gasteiger partial charge is 0.120 e. The molecule has 0 heterocycles. The molecule has 2 rings (SSSR count). The molecule has 0 amide bonds. The van der Waals surface area contributed by atoms with E-state index in [1.165, 1.54) is 11.1 Å². The Morgan fingerprint density at radius 3 is 2.25 bits per heavy atom. The van der Waals surface area contributed by atoms with E-state index in [1.807, 2.05) is 39.1 Å². The van der Waals surface area contributed by atoms with Gasteiger partial charge in [-0.1, -0.05) is 40.2 Å². The fraction of sp³-hybridized carbons (Fsp3) is 0.294. The number of benzene rings is 2. The molecule has 0 spiro atoms. The maximum atomic E-state index is 5.77. The molecule has 0 aliphatic rings. The summed E-state index contributed by atoms with van der Waals surface area (Å²) < 4.78 is 6.86. The molecular formula is C17H20BrNO. The van der Waals surface area contributed by atoms with Crippen LogP contribution >= 0.6 is 15.9 Å². The third-order valence-corrected chi connectivity index (χ3v) is 3.53. The lowest BCUT2D eigenvalue weighted by Crippen LogP contribution is -2.17. The molecule has 2 nitrogen and oxygen atoms in total. The second-order valence-electron chi connectivity index (χ2n) is 5.02. The first-order valence-corrected chi connectivity index (χ1v) is 7.59. The van der Waals surface area contributed by atoms with Crippen molar-refractivity contribution in [2.75, 3.05) is 7.05 Å². The number of hydrogen-bond acceptors (Lipinski definition) is 2. The van der Waals surface area contributed by atoms with Gasteiger partial charge in [-0.15, -0.1) is 0 Å². The summed E-state index contributed by atoms with van der Waals surface area (Å²) >= 11 is 3.53. The van der Waals surface area contributed by atoms with Crippen molar-refractivity contribution in [1.29, 1.82) is 0 Å². The Bertz CT molecular complexity index is 568. The van der Waals surface area contributed by atoms with Crippen molar-refractivity contribution in [2.24, 2.45) is 0 Å². The first kappa shape index (κ1) is 15.1. The third-order valence-electron chi connectivity index (χ3n) is 3.03. The SMILES string of the molecule is CNC(c1cccc(Br)c1)c1cccc(OC(C)C)c1. The zero-order valence-electron chi connectivity index (χ0n) is 12.1. The Kier molecular flexibility index (Phi) is 5.21. The Morgan fingerprint density at radius 2 is 1.65 bits per heavy atom. The maximum Gasteiger partial charge on any atom is 0.120 e. The number of ether oxygens (including phenoxy) is 1. The van der Waals surface area contributed by atoms with Crippen molar-refractivity contribution < 1.29 is 4.74 Å². The topological polar surface area (TPSA) is 21.3 Å². The van der Waals surface area contributed by atoms with E-state index < -0.39 is 0 Å². The van der Waals surface area contributed by atoms with Gasteiger partial charge in [-0.25, -0.2) is 0 Å². The lowest BCUT2D eigenvalue weighted by atomic mass is 9.99. The fourth-order valence-electron chi connectivity index (χ4n) is 2.25. The van der Waals surface area contributed by atoms with E-state index >= 15 is 0 Å². The van der Waals surface area contributed by atoms with Gasteiger partial charge in [-0.2, -0.15) is 0 Å². The molecule has 1 atom stereocenters. The number of rotatable bonds is 5. The predicted molar refractivity (Wildman–Crippen MR) is 87.3 cm³/mol. The highest BCUT2D eigenvalue weighted by molar-refractivity contribution is 9.10. The lowest BCUT2D eigenvalue weighted by Gasteiger charge is -2.19. The molecule has 0 aliphatic heterocycles. The quantitative estimate of drug-likeness (QED) is 0.866. The number of hydrogen-bond donors (Lipinski definition) is 1. The summed E-state index contributed by atoms with van der Waals surface area (Å²) in [5, 5.41) is 3.37. The molecule has 20 heavy (non-hydrogen) atoms. The summed E-state index contributed by atoms with van der Waals surface area (Å²) in [6.45, 7) is 4.08. The first-order chi connectivity index (χ1) is 9.60. The highest BCUT2D eigenvalue weighted by Crippen LogP contribution is 2.27. The van der Waals surface area contributed by atoms with Crippen LogP contribution in [0.3, 0.4) is 0 Å². The van der Waals surface area contributed by atoms with Gasteiger partial charge in [0.25, 0.3) is 0 Å².